The van der Waals surface area contributed by atoms with E-state index in [1.54, 1.807) is 14.0 Å². The molecule has 0 radical (unpaired) electrons. The van der Waals surface area contributed by atoms with E-state index >= 15 is 0 Å². The number of nitrogens with zero attached hydrogens (tertiary/aromatic N) is 1. The van der Waals surface area contributed by atoms with Gasteiger partial charge >= 0.3 is 0 Å². The van der Waals surface area contributed by atoms with Crippen LogP contribution in [0.2, 0.25) is 0 Å². The smallest absolute Gasteiger partial charge is 0.266 e. The Hall–Kier alpha value is -3.38. The predicted molar refractivity (Wildman–Crippen MR) is 117 cm³/mol. The number of rotatable bonds is 6. The van der Waals surface area contributed by atoms with Gasteiger partial charge in [0, 0.05) is 0 Å². The van der Waals surface area contributed by atoms with E-state index in [4.69, 9.17) is 9.47 Å². The number of hydrogen-bond acceptors (Lipinski definition) is 5. The monoisotopic (exact) mass is 404 g/mol. The molecule has 5 nitrogen and oxygen atoms in total. The standard InChI is InChI=1S/C23H20N2O3S/c1-15(28-18-10-8-17(9-11-18)16-6-4-3-5-7-16)22(26)25-23-24-20-13-12-19(27-2)14-21(20)29-23/h3-15H,1-2H3,(H,24,25,26). The van der Waals surface area contributed by atoms with Gasteiger partial charge in [0.25, 0.3) is 5.91 Å². The van der Waals surface area contributed by atoms with Crippen molar-refractivity contribution >= 4 is 32.6 Å². The first-order valence-corrected chi connectivity index (χ1v) is 10.0. The van der Waals surface area contributed by atoms with Crippen LogP contribution in [-0.4, -0.2) is 24.1 Å². The highest BCUT2D eigenvalue weighted by atomic mass is 32.1. The molecule has 0 aliphatic rings. The highest BCUT2D eigenvalue weighted by molar-refractivity contribution is 7.22. The molecule has 1 unspecified atom stereocenters. The van der Waals surface area contributed by atoms with E-state index < -0.39 is 6.10 Å². The van der Waals surface area contributed by atoms with Crippen LogP contribution in [0.5, 0.6) is 11.5 Å². The molecule has 29 heavy (non-hydrogen) atoms. The molecule has 1 amide bonds. The predicted octanol–water partition coefficient (Wildman–Crippen LogP) is 5.38. The third-order valence-corrected chi connectivity index (χ3v) is 5.40. The molecule has 0 aliphatic carbocycles. The second kappa shape index (κ2) is 8.32. The molecule has 3 aromatic carbocycles. The lowest BCUT2D eigenvalue weighted by molar-refractivity contribution is -0.122. The molecule has 4 aromatic rings. The lowest BCUT2D eigenvalue weighted by Gasteiger charge is -2.14. The highest BCUT2D eigenvalue weighted by Gasteiger charge is 2.17. The number of aromatic nitrogens is 1. The molecule has 146 valence electrons. The van der Waals surface area contributed by atoms with Crippen LogP contribution in [0.4, 0.5) is 5.13 Å². The van der Waals surface area contributed by atoms with Crippen LogP contribution in [0, 0.1) is 0 Å². The van der Waals surface area contributed by atoms with E-state index in [9.17, 15) is 4.79 Å². The Morgan fingerprint density at radius 2 is 1.66 bits per heavy atom. The van der Waals surface area contributed by atoms with Gasteiger partial charge in [0.05, 0.1) is 17.3 Å². The fraction of sp³-hybridized carbons (Fsp3) is 0.130. The Labute approximate surface area is 172 Å². The number of hydrogen-bond donors (Lipinski definition) is 1. The summed E-state index contributed by atoms with van der Waals surface area (Å²) in [6.07, 6.45) is -0.654. The Balaban J connectivity index is 1.40. The second-order valence-corrected chi connectivity index (χ2v) is 7.52. The van der Waals surface area contributed by atoms with Gasteiger partial charge in [0.2, 0.25) is 0 Å². The highest BCUT2D eigenvalue weighted by Crippen LogP contribution is 2.29. The molecule has 0 saturated heterocycles. The number of methoxy groups -OCH3 is 1. The van der Waals surface area contributed by atoms with E-state index in [1.807, 2.05) is 60.7 Å². The summed E-state index contributed by atoms with van der Waals surface area (Å²) in [5.74, 6) is 1.15. The fourth-order valence-electron chi connectivity index (χ4n) is 2.91. The first-order chi connectivity index (χ1) is 14.1. The van der Waals surface area contributed by atoms with Gasteiger partial charge in [-0.15, -0.1) is 0 Å². The van der Waals surface area contributed by atoms with E-state index in [1.165, 1.54) is 11.3 Å². The van der Waals surface area contributed by atoms with E-state index in [0.29, 0.717) is 10.9 Å². The summed E-state index contributed by atoms with van der Waals surface area (Å²) in [6, 6.07) is 23.4. The Kier molecular flexibility index (Phi) is 5.44. The summed E-state index contributed by atoms with van der Waals surface area (Å²) in [6.45, 7) is 1.72. The molecule has 1 atom stereocenters. The van der Waals surface area contributed by atoms with Gasteiger partial charge in [-0.2, -0.15) is 0 Å². The third kappa shape index (κ3) is 4.38. The van der Waals surface area contributed by atoms with Crippen LogP contribution in [0.25, 0.3) is 21.3 Å². The maximum absolute atomic E-state index is 12.5. The molecule has 6 heteroatoms. The van der Waals surface area contributed by atoms with Gasteiger partial charge in [-0.1, -0.05) is 53.8 Å². The van der Waals surface area contributed by atoms with Crippen LogP contribution in [-0.2, 0) is 4.79 Å². The van der Waals surface area contributed by atoms with Crippen molar-refractivity contribution in [1.29, 1.82) is 0 Å². The van der Waals surface area contributed by atoms with Crippen molar-refractivity contribution in [2.24, 2.45) is 0 Å². The molecule has 0 aliphatic heterocycles. The first kappa shape index (κ1) is 19.0. The topological polar surface area (TPSA) is 60.5 Å². The summed E-state index contributed by atoms with van der Waals surface area (Å²) in [4.78, 5) is 16.9. The molecular weight excluding hydrogens is 384 g/mol. The zero-order valence-electron chi connectivity index (χ0n) is 16.1. The minimum absolute atomic E-state index is 0.247. The third-order valence-electron chi connectivity index (χ3n) is 4.47. The molecule has 4 rings (SSSR count). The lowest BCUT2D eigenvalue weighted by atomic mass is 10.1. The summed E-state index contributed by atoms with van der Waals surface area (Å²) in [7, 11) is 1.62. The molecule has 0 spiro atoms. The normalized spacial score (nSPS) is 11.8. The van der Waals surface area contributed by atoms with Gasteiger partial charge in [0.15, 0.2) is 11.2 Å². The molecule has 1 aromatic heterocycles. The van der Waals surface area contributed by atoms with Crippen LogP contribution < -0.4 is 14.8 Å². The van der Waals surface area contributed by atoms with Crippen LogP contribution >= 0.6 is 11.3 Å². The van der Waals surface area contributed by atoms with Crippen molar-refractivity contribution < 1.29 is 14.3 Å². The average molecular weight is 404 g/mol. The van der Waals surface area contributed by atoms with Crippen LogP contribution in [0.3, 0.4) is 0 Å². The van der Waals surface area contributed by atoms with E-state index in [2.05, 4.69) is 22.4 Å². The number of nitrogens with one attached hydrogen (secondary N) is 1. The minimum atomic E-state index is -0.654. The molecular formula is C23H20N2O3S. The van der Waals surface area contributed by atoms with Crippen LogP contribution in [0.15, 0.2) is 72.8 Å². The number of benzene rings is 3. The summed E-state index contributed by atoms with van der Waals surface area (Å²) < 4.78 is 12.0. The maximum Gasteiger partial charge on any atom is 0.266 e. The lowest BCUT2D eigenvalue weighted by Crippen LogP contribution is -2.30. The number of thiazole rings is 1. The average Bonchev–Trinajstić information content (AvgIpc) is 3.16. The number of amides is 1. The van der Waals surface area contributed by atoms with Crippen LogP contribution in [0.1, 0.15) is 6.92 Å². The minimum Gasteiger partial charge on any atom is -0.497 e. The van der Waals surface area contributed by atoms with Crippen molar-refractivity contribution in [3.05, 3.63) is 72.8 Å². The number of fused-ring (bicyclic) bond motifs is 1. The molecule has 0 bridgehead atoms. The number of anilines is 1. The molecule has 0 saturated carbocycles. The second-order valence-electron chi connectivity index (χ2n) is 6.49. The van der Waals surface area contributed by atoms with E-state index in [-0.39, 0.29) is 5.91 Å². The van der Waals surface area contributed by atoms with Gasteiger partial charge in [0.1, 0.15) is 11.5 Å². The largest absolute Gasteiger partial charge is 0.497 e. The van der Waals surface area contributed by atoms with Crippen molar-refractivity contribution in [1.82, 2.24) is 4.98 Å². The zero-order chi connectivity index (χ0) is 20.2. The number of carbonyl (C=O) groups excluding carboxylic acids is 1. The van der Waals surface area contributed by atoms with Crippen molar-refractivity contribution in [2.45, 2.75) is 13.0 Å². The van der Waals surface area contributed by atoms with Crippen molar-refractivity contribution in [2.75, 3.05) is 12.4 Å². The summed E-state index contributed by atoms with van der Waals surface area (Å²) >= 11 is 1.40. The van der Waals surface area contributed by atoms with E-state index in [0.717, 1.165) is 27.1 Å². The van der Waals surface area contributed by atoms with Crippen molar-refractivity contribution in [3.63, 3.8) is 0 Å². The number of carbonyl (C=O) groups is 1. The molecule has 1 heterocycles. The van der Waals surface area contributed by atoms with Crippen molar-refractivity contribution in [3.8, 4) is 22.6 Å². The molecule has 1 N–H and O–H groups in total. The van der Waals surface area contributed by atoms with Gasteiger partial charge < -0.3 is 9.47 Å². The maximum atomic E-state index is 12.5. The first-order valence-electron chi connectivity index (χ1n) is 9.20. The Morgan fingerprint density at radius 3 is 2.38 bits per heavy atom. The molecule has 0 fully saturated rings. The SMILES string of the molecule is COc1ccc2nc(NC(=O)C(C)Oc3ccc(-c4ccccc4)cc3)sc2c1. The quantitative estimate of drug-likeness (QED) is 0.469. The Bertz CT molecular complexity index is 1120. The Morgan fingerprint density at radius 1 is 0.966 bits per heavy atom. The summed E-state index contributed by atoms with van der Waals surface area (Å²) in [5.41, 5.74) is 3.05. The zero-order valence-corrected chi connectivity index (χ0v) is 16.9. The van der Waals surface area contributed by atoms with Gasteiger partial charge in [-0.3, -0.25) is 10.1 Å². The van der Waals surface area contributed by atoms with Gasteiger partial charge in [-0.25, -0.2) is 4.98 Å². The van der Waals surface area contributed by atoms with Gasteiger partial charge in [-0.05, 0) is 48.4 Å². The number of ether oxygens (including phenoxy) is 2. The summed E-state index contributed by atoms with van der Waals surface area (Å²) in [5, 5.41) is 3.36. The fourth-order valence-corrected chi connectivity index (χ4v) is 3.80.